The highest BCUT2D eigenvalue weighted by Crippen LogP contribution is 2.66. The number of hydrogen-bond acceptors (Lipinski definition) is 3. The molecule has 4 saturated carbocycles. The molecule has 4 fully saturated rings. The molecule has 0 amide bonds. The van der Waals surface area contributed by atoms with Crippen LogP contribution in [0.5, 0.6) is 0 Å². The normalized spacial score (nSPS) is 41.8. The number of fused-ring (bicyclic) bond motifs is 5. The Balaban J connectivity index is 1.43. The van der Waals surface area contributed by atoms with E-state index in [1.807, 2.05) is 6.08 Å². The van der Waals surface area contributed by atoms with Gasteiger partial charge in [-0.1, -0.05) is 26.7 Å². The zero-order valence-electron chi connectivity index (χ0n) is 18.2. The Morgan fingerprint density at radius 3 is 2.50 bits per heavy atom. The molecule has 0 radical (unpaired) electrons. The molecule has 0 N–H and O–H groups in total. The van der Waals surface area contributed by atoms with Crippen molar-refractivity contribution < 1.29 is 9.72 Å². The summed E-state index contributed by atoms with van der Waals surface area (Å²) < 4.78 is 0. The minimum atomic E-state index is -0.379. The van der Waals surface area contributed by atoms with E-state index >= 15 is 0 Å². The van der Waals surface area contributed by atoms with Gasteiger partial charge in [-0.15, -0.1) is 0 Å². The monoisotopic (exact) mass is 407 g/mol. The van der Waals surface area contributed by atoms with Crippen LogP contribution in [0.25, 0.3) is 6.08 Å². The SMILES string of the molecule is CC12CCC3C(CCC4CCCCC43C)C1CC(=Cc1ccc([N+](=O)[O-])cc1)C2=O. The van der Waals surface area contributed by atoms with Gasteiger partial charge in [0, 0.05) is 17.5 Å². The smallest absolute Gasteiger partial charge is 0.269 e. The Morgan fingerprint density at radius 2 is 1.77 bits per heavy atom. The molecule has 0 spiro atoms. The number of rotatable bonds is 2. The van der Waals surface area contributed by atoms with Crippen LogP contribution in [-0.2, 0) is 4.79 Å². The van der Waals surface area contributed by atoms with Gasteiger partial charge in [-0.2, -0.15) is 0 Å². The third kappa shape index (κ3) is 2.90. The van der Waals surface area contributed by atoms with Gasteiger partial charge in [0.2, 0.25) is 0 Å². The van der Waals surface area contributed by atoms with Crippen LogP contribution in [0.15, 0.2) is 29.8 Å². The predicted molar refractivity (Wildman–Crippen MR) is 118 cm³/mol. The molecule has 0 heterocycles. The number of carbonyl (C=O) groups excluding carboxylic acids is 1. The summed E-state index contributed by atoms with van der Waals surface area (Å²) in [6.07, 6.45) is 13.3. The predicted octanol–water partition coefficient (Wildman–Crippen LogP) is 6.59. The van der Waals surface area contributed by atoms with Crippen molar-refractivity contribution in [3.8, 4) is 0 Å². The van der Waals surface area contributed by atoms with E-state index in [4.69, 9.17) is 0 Å². The number of nitrogens with zero attached hydrogens (tertiary/aromatic N) is 1. The average molecular weight is 408 g/mol. The fourth-order valence-corrected chi connectivity index (χ4v) is 7.99. The van der Waals surface area contributed by atoms with Crippen molar-refractivity contribution in [1.29, 1.82) is 0 Å². The molecule has 4 aliphatic carbocycles. The van der Waals surface area contributed by atoms with Gasteiger partial charge < -0.3 is 0 Å². The highest BCUT2D eigenvalue weighted by molar-refractivity contribution is 6.05. The molecule has 0 aromatic heterocycles. The van der Waals surface area contributed by atoms with Crippen LogP contribution in [-0.4, -0.2) is 10.7 Å². The Kier molecular flexibility index (Phi) is 4.68. The van der Waals surface area contributed by atoms with E-state index in [-0.39, 0.29) is 16.0 Å². The number of nitro benzene ring substituents is 1. The number of carbonyl (C=O) groups is 1. The van der Waals surface area contributed by atoms with Gasteiger partial charge in [0.1, 0.15) is 0 Å². The van der Waals surface area contributed by atoms with Gasteiger partial charge in [-0.05, 0) is 103 Å². The molecule has 6 atom stereocenters. The van der Waals surface area contributed by atoms with Crippen LogP contribution in [0.2, 0.25) is 0 Å². The lowest BCUT2D eigenvalue weighted by Gasteiger charge is -2.59. The van der Waals surface area contributed by atoms with Crippen molar-refractivity contribution in [2.75, 3.05) is 0 Å². The number of non-ortho nitro benzene ring substituents is 1. The van der Waals surface area contributed by atoms with Crippen LogP contribution in [0.1, 0.15) is 77.2 Å². The second-order valence-electron chi connectivity index (χ2n) is 10.9. The molecule has 5 rings (SSSR count). The van der Waals surface area contributed by atoms with Gasteiger partial charge >= 0.3 is 0 Å². The van der Waals surface area contributed by atoms with Crippen molar-refractivity contribution >= 4 is 17.5 Å². The number of benzene rings is 1. The Labute approximate surface area is 179 Å². The minimum absolute atomic E-state index is 0.0934. The molecule has 1 aromatic rings. The maximum absolute atomic E-state index is 13.5. The number of nitro groups is 1. The first kappa shape index (κ1) is 20.0. The van der Waals surface area contributed by atoms with Crippen molar-refractivity contribution in [2.24, 2.45) is 34.5 Å². The number of Topliss-reactive ketones (excluding diaryl/α,β-unsaturated/α-hetero) is 1. The van der Waals surface area contributed by atoms with E-state index in [0.29, 0.717) is 23.0 Å². The molecule has 4 heteroatoms. The summed E-state index contributed by atoms with van der Waals surface area (Å²) in [5.41, 5.74) is 2.19. The van der Waals surface area contributed by atoms with Gasteiger partial charge in [0.15, 0.2) is 5.78 Å². The molecule has 1 aromatic carbocycles. The molecule has 0 bridgehead atoms. The zero-order valence-corrected chi connectivity index (χ0v) is 18.2. The molecule has 6 unspecified atom stereocenters. The van der Waals surface area contributed by atoms with Crippen LogP contribution >= 0.6 is 0 Å². The average Bonchev–Trinajstić information content (AvgIpc) is 2.98. The third-order valence-corrected chi connectivity index (χ3v) is 9.67. The second kappa shape index (κ2) is 7.03. The van der Waals surface area contributed by atoms with Crippen LogP contribution in [0.4, 0.5) is 5.69 Å². The molecule has 0 saturated heterocycles. The minimum Gasteiger partial charge on any atom is -0.294 e. The standard InChI is InChI=1S/C26H33NO3/c1-25-13-4-3-5-19(25)8-11-21-22(25)12-14-26(2)23(21)16-18(24(26)28)15-17-6-9-20(10-7-17)27(29)30/h6-7,9-10,15,19,21-23H,3-5,8,11-14,16H2,1-2H3. The van der Waals surface area contributed by atoms with Gasteiger partial charge in [-0.25, -0.2) is 0 Å². The summed E-state index contributed by atoms with van der Waals surface area (Å²) >= 11 is 0. The molecular formula is C26H33NO3. The van der Waals surface area contributed by atoms with Crippen molar-refractivity contribution in [3.63, 3.8) is 0 Å². The molecule has 4 nitrogen and oxygen atoms in total. The molecule has 30 heavy (non-hydrogen) atoms. The summed E-state index contributed by atoms with van der Waals surface area (Å²) in [5, 5.41) is 10.9. The number of allylic oxidation sites excluding steroid dienone is 1. The van der Waals surface area contributed by atoms with Gasteiger partial charge in [0.05, 0.1) is 4.92 Å². The van der Waals surface area contributed by atoms with E-state index in [1.165, 1.54) is 57.1 Å². The lowest BCUT2D eigenvalue weighted by atomic mass is 9.45. The van der Waals surface area contributed by atoms with Crippen molar-refractivity contribution in [3.05, 3.63) is 45.5 Å². The third-order valence-electron chi connectivity index (χ3n) is 9.67. The summed E-state index contributed by atoms with van der Waals surface area (Å²) in [6, 6.07) is 6.59. The fraction of sp³-hybridized carbons (Fsp3) is 0.654. The zero-order chi connectivity index (χ0) is 21.1. The van der Waals surface area contributed by atoms with Crippen molar-refractivity contribution in [1.82, 2.24) is 0 Å². The Bertz CT molecular complexity index is 903. The number of hydrogen-bond donors (Lipinski definition) is 0. The Hall–Kier alpha value is -1.97. The first-order chi connectivity index (χ1) is 14.3. The summed E-state index contributed by atoms with van der Waals surface area (Å²) in [6.45, 7) is 4.79. The van der Waals surface area contributed by atoms with Gasteiger partial charge in [0.25, 0.3) is 5.69 Å². The topological polar surface area (TPSA) is 60.2 Å². The lowest BCUT2D eigenvalue weighted by Crippen LogP contribution is -2.52. The largest absolute Gasteiger partial charge is 0.294 e. The number of ketones is 1. The van der Waals surface area contributed by atoms with Crippen LogP contribution < -0.4 is 0 Å². The Morgan fingerprint density at radius 1 is 1.00 bits per heavy atom. The van der Waals surface area contributed by atoms with E-state index in [1.54, 1.807) is 12.1 Å². The first-order valence-electron chi connectivity index (χ1n) is 11.8. The van der Waals surface area contributed by atoms with E-state index in [0.717, 1.165) is 35.8 Å². The van der Waals surface area contributed by atoms with E-state index in [9.17, 15) is 14.9 Å². The van der Waals surface area contributed by atoms with E-state index < -0.39 is 0 Å². The maximum Gasteiger partial charge on any atom is 0.269 e. The van der Waals surface area contributed by atoms with Crippen LogP contribution in [0, 0.1) is 44.6 Å². The lowest BCUT2D eigenvalue weighted by molar-refractivity contribution is -0.384. The molecular weight excluding hydrogens is 374 g/mol. The first-order valence-corrected chi connectivity index (χ1v) is 11.8. The quantitative estimate of drug-likeness (QED) is 0.316. The van der Waals surface area contributed by atoms with Gasteiger partial charge in [-0.3, -0.25) is 14.9 Å². The molecule has 0 aliphatic heterocycles. The molecule has 4 aliphatic rings. The summed E-state index contributed by atoms with van der Waals surface area (Å²) in [4.78, 5) is 24.0. The molecule has 160 valence electrons. The second-order valence-corrected chi connectivity index (χ2v) is 10.9. The highest BCUT2D eigenvalue weighted by atomic mass is 16.6. The van der Waals surface area contributed by atoms with E-state index in [2.05, 4.69) is 13.8 Å². The summed E-state index contributed by atoms with van der Waals surface area (Å²) in [7, 11) is 0. The highest BCUT2D eigenvalue weighted by Gasteiger charge is 2.60. The van der Waals surface area contributed by atoms with Crippen molar-refractivity contribution in [2.45, 2.75) is 71.6 Å². The summed E-state index contributed by atoms with van der Waals surface area (Å²) in [5.74, 6) is 3.15. The fourth-order valence-electron chi connectivity index (χ4n) is 7.99. The van der Waals surface area contributed by atoms with Crippen LogP contribution in [0.3, 0.4) is 0 Å². The maximum atomic E-state index is 13.5.